The second-order valence-corrected chi connectivity index (χ2v) is 9.22. The summed E-state index contributed by atoms with van der Waals surface area (Å²) in [4.78, 5) is 23.4. The van der Waals surface area contributed by atoms with Gasteiger partial charge >= 0.3 is 6.18 Å². The van der Waals surface area contributed by atoms with Crippen LogP contribution in [-0.2, 0) is 0 Å². The number of fused-ring (bicyclic) bond motifs is 1. The number of pyridine rings is 1. The predicted molar refractivity (Wildman–Crippen MR) is 129 cm³/mol. The zero-order valence-electron chi connectivity index (χ0n) is 19.0. The Morgan fingerprint density at radius 1 is 1.15 bits per heavy atom. The zero-order valence-corrected chi connectivity index (χ0v) is 19.8. The SMILES string of the molecule is CSc1cccc(N(C(=O)c2cc(OCC(F)(F)F)c3ccccc3n2)C2CCN(C)CC2)c1. The molecule has 9 heteroatoms. The number of alkyl halides is 3. The molecule has 1 aliphatic rings. The molecule has 3 aromatic rings. The van der Waals surface area contributed by atoms with Crippen LogP contribution < -0.4 is 9.64 Å². The van der Waals surface area contributed by atoms with Gasteiger partial charge in [0, 0.05) is 28.1 Å². The van der Waals surface area contributed by atoms with Crippen molar-refractivity contribution in [3.8, 4) is 5.75 Å². The Bertz CT molecular complexity index is 1160. The summed E-state index contributed by atoms with van der Waals surface area (Å²) >= 11 is 1.58. The van der Waals surface area contributed by atoms with Crippen molar-refractivity contribution in [3.05, 3.63) is 60.3 Å². The number of carbonyl (C=O) groups excluding carboxylic acids is 1. The van der Waals surface area contributed by atoms with Gasteiger partial charge < -0.3 is 14.5 Å². The summed E-state index contributed by atoms with van der Waals surface area (Å²) in [6, 6.07) is 15.7. The van der Waals surface area contributed by atoms with Gasteiger partial charge in [-0.15, -0.1) is 11.8 Å². The molecule has 0 spiro atoms. The van der Waals surface area contributed by atoms with Crippen LogP contribution in [0.25, 0.3) is 10.9 Å². The van der Waals surface area contributed by atoms with Crippen LogP contribution >= 0.6 is 11.8 Å². The van der Waals surface area contributed by atoms with Crippen molar-refractivity contribution in [3.63, 3.8) is 0 Å². The van der Waals surface area contributed by atoms with Gasteiger partial charge in [-0.3, -0.25) is 4.79 Å². The molecule has 1 saturated heterocycles. The highest BCUT2D eigenvalue weighted by Gasteiger charge is 2.32. The van der Waals surface area contributed by atoms with Crippen molar-refractivity contribution in [1.82, 2.24) is 9.88 Å². The van der Waals surface area contributed by atoms with Crippen molar-refractivity contribution < 1.29 is 22.7 Å². The standard InChI is InChI=1S/C25H26F3N3O2S/c1-30-12-10-17(11-13-30)31(18-6-5-7-19(14-18)34-2)24(32)22-15-23(33-16-25(26,27)28)20-8-3-4-9-21(20)29-22/h3-9,14-15,17H,10-13,16H2,1-2H3. The lowest BCUT2D eigenvalue weighted by Crippen LogP contribution is -2.47. The normalized spacial score (nSPS) is 15.4. The smallest absolute Gasteiger partial charge is 0.422 e. The number of aromatic nitrogens is 1. The Kier molecular flexibility index (Phi) is 7.33. The van der Waals surface area contributed by atoms with E-state index in [0.717, 1.165) is 36.5 Å². The third-order valence-corrected chi connectivity index (χ3v) is 6.62. The minimum Gasteiger partial charge on any atom is -0.483 e. The maximum Gasteiger partial charge on any atom is 0.422 e. The highest BCUT2D eigenvalue weighted by Crippen LogP contribution is 2.32. The molecule has 4 rings (SSSR count). The largest absolute Gasteiger partial charge is 0.483 e. The minimum absolute atomic E-state index is 0.00698. The molecule has 0 saturated carbocycles. The molecule has 1 fully saturated rings. The molecule has 0 unspecified atom stereocenters. The molecule has 180 valence electrons. The summed E-state index contributed by atoms with van der Waals surface area (Å²) in [5.74, 6) is -0.358. The number of piperidine rings is 1. The number of benzene rings is 2. The number of ether oxygens (including phenoxy) is 1. The molecule has 1 aliphatic heterocycles. The van der Waals surface area contributed by atoms with Crippen LogP contribution in [-0.4, -0.2) is 61.0 Å². The minimum atomic E-state index is -4.49. The van der Waals surface area contributed by atoms with Crippen LogP contribution in [0.1, 0.15) is 23.3 Å². The van der Waals surface area contributed by atoms with E-state index in [-0.39, 0.29) is 23.4 Å². The van der Waals surface area contributed by atoms with Gasteiger partial charge in [-0.1, -0.05) is 18.2 Å². The van der Waals surface area contributed by atoms with E-state index in [1.165, 1.54) is 6.07 Å². The Hall–Kier alpha value is -2.78. The fourth-order valence-electron chi connectivity index (χ4n) is 4.16. The predicted octanol–water partition coefficient (Wildman–Crippen LogP) is 5.64. The van der Waals surface area contributed by atoms with Crippen LogP contribution in [0.4, 0.5) is 18.9 Å². The van der Waals surface area contributed by atoms with E-state index in [4.69, 9.17) is 4.74 Å². The van der Waals surface area contributed by atoms with E-state index in [2.05, 4.69) is 9.88 Å². The lowest BCUT2D eigenvalue weighted by Gasteiger charge is -2.37. The van der Waals surface area contributed by atoms with Crippen molar-refractivity contribution in [1.29, 1.82) is 0 Å². The maximum absolute atomic E-state index is 13.9. The Balaban J connectivity index is 1.76. The highest BCUT2D eigenvalue weighted by molar-refractivity contribution is 7.98. The molecular formula is C25H26F3N3O2S. The Morgan fingerprint density at radius 3 is 2.59 bits per heavy atom. The second-order valence-electron chi connectivity index (χ2n) is 8.34. The fourth-order valence-corrected chi connectivity index (χ4v) is 4.62. The van der Waals surface area contributed by atoms with Gasteiger partial charge in [0.1, 0.15) is 11.4 Å². The lowest BCUT2D eigenvalue weighted by molar-refractivity contribution is -0.153. The number of hydrogen-bond acceptors (Lipinski definition) is 5. The molecule has 0 radical (unpaired) electrons. The lowest BCUT2D eigenvalue weighted by atomic mass is 10.0. The van der Waals surface area contributed by atoms with Crippen LogP contribution in [0.5, 0.6) is 5.75 Å². The van der Waals surface area contributed by atoms with Gasteiger partial charge in [-0.05, 0) is 69.6 Å². The first kappa shape index (κ1) is 24.3. The van der Waals surface area contributed by atoms with E-state index in [9.17, 15) is 18.0 Å². The third-order valence-electron chi connectivity index (χ3n) is 5.89. The molecule has 0 atom stereocenters. The summed E-state index contributed by atoms with van der Waals surface area (Å²) in [6.45, 7) is 0.257. The van der Waals surface area contributed by atoms with E-state index < -0.39 is 12.8 Å². The summed E-state index contributed by atoms with van der Waals surface area (Å²) < 4.78 is 43.7. The van der Waals surface area contributed by atoms with Gasteiger partial charge in [0.05, 0.1) is 5.52 Å². The first-order chi connectivity index (χ1) is 16.2. The van der Waals surface area contributed by atoms with Crippen molar-refractivity contribution in [2.45, 2.75) is 30.0 Å². The van der Waals surface area contributed by atoms with E-state index in [0.29, 0.717) is 10.9 Å². The molecule has 0 N–H and O–H groups in total. The molecule has 0 aliphatic carbocycles. The van der Waals surface area contributed by atoms with E-state index in [1.807, 2.05) is 37.6 Å². The van der Waals surface area contributed by atoms with Gasteiger partial charge in [-0.2, -0.15) is 13.2 Å². The first-order valence-electron chi connectivity index (χ1n) is 11.0. The Labute approximate surface area is 200 Å². The maximum atomic E-state index is 13.9. The van der Waals surface area contributed by atoms with Gasteiger partial charge in [0.15, 0.2) is 6.61 Å². The number of rotatable bonds is 6. The van der Waals surface area contributed by atoms with E-state index in [1.54, 1.807) is 40.9 Å². The summed E-state index contributed by atoms with van der Waals surface area (Å²) in [7, 11) is 2.05. The van der Waals surface area contributed by atoms with Crippen LogP contribution in [0.2, 0.25) is 0 Å². The highest BCUT2D eigenvalue weighted by atomic mass is 32.2. The summed E-state index contributed by atoms with van der Waals surface area (Å²) in [5.41, 5.74) is 1.22. The molecule has 0 bridgehead atoms. The molecule has 1 amide bonds. The average molecular weight is 490 g/mol. The van der Waals surface area contributed by atoms with Crippen LogP contribution in [0.3, 0.4) is 0 Å². The number of amides is 1. The van der Waals surface area contributed by atoms with Gasteiger partial charge in [0.25, 0.3) is 5.91 Å². The van der Waals surface area contributed by atoms with Crippen LogP contribution in [0.15, 0.2) is 59.5 Å². The van der Waals surface area contributed by atoms with Crippen molar-refractivity contribution >= 4 is 34.3 Å². The summed E-state index contributed by atoms with van der Waals surface area (Å²) in [5, 5.41) is 0.429. The Morgan fingerprint density at radius 2 is 1.88 bits per heavy atom. The third kappa shape index (κ3) is 5.64. The molecular weight excluding hydrogens is 463 g/mol. The molecule has 34 heavy (non-hydrogen) atoms. The zero-order chi connectivity index (χ0) is 24.3. The molecule has 5 nitrogen and oxygen atoms in total. The fraction of sp³-hybridized carbons (Fsp3) is 0.360. The quantitative estimate of drug-likeness (QED) is 0.420. The number of carbonyl (C=O) groups is 1. The van der Waals surface area contributed by atoms with Gasteiger partial charge in [0.2, 0.25) is 0 Å². The number of halogens is 3. The number of nitrogens with zero attached hydrogens (tertiary/aromatic N) is 3. The van der Waals surface area contributed by atoms with Crippen molar-refractivity contribution in [2.24, 2.45) is 0 Å². The second kappa shape index (κ2) is 10.2. The number of thioether (sulfide) groups is 1. The van der Waals surface area contributed by atoms with Gasteiger partial charge in [-0.25, -0.2) is 4.98 Å². The number of anilines is 1. The van der Waals surface area contributed by atoms with Crippen LogP contribution in [0, 0.1) is 0 Å². The molecule has 2 aromatic carbocycles. The number of hydrogen-bond donors (Lipinski definition) is 0. The number of likely N-dealkylation sites (tertiary alicyclic amines) is 1. The molecule has 1 aromatic heterocycles. The summed E-state index contributed by atoms with van der Waals surface area (Å²) in [6.07, 6.45) is -0.948. The topological polar surface area (TPSA) is 45.7 Å². The average Bonchev–Trinajstić information content (AvgIpc) is 2.83. The first-order valence-corrected chi connectivity index (χ1v) is 12.2. The van der Waals surface area contributed by atoms with E-state index >= 15 is 0 Å². The number of para-hydroxylation sites is 1. The monoisotopic (exact) mass is 489 g/mol. The van der Waals surface area contributed by atoms with Crippen molar-refractivity contribution in [2.75, 3.05) is 37.9 Å². The molecule has 2 heterocycles.